The Morgan fingerprint density at radius 1 is 1.36 bits per heavy atom. The van der Waals surface area contributed by atoms with Crippen LogP contribution >= 0.6 is 0 Å². The molecule has 0 spiro atoms. The lowest BCUT2D eigenvalue weighted by atomic mass is 9.96. The molecule has 1 aromatic carbocycles. The summed E-state index contributed by atoms with van der Waals surface area (Å²) < 4.78 is 1.89. The van der Waals surface area contributed by atoms with E-state index < -0.39 is 0 Å². The third-order valence-corrected chi connectivity index (χ3v) is 5.01. The average molecular weight is 341 g/mol. The van der Waals surface area contributed by atoms with Crippen LogP contribution in [0, 0.1) is 5.92 Å². The molecule has 0 saturated carbocycles. The molecule has 6 nitrogen and oxygen atoms in total. The van der Waals surface area contributed by atoms with Crippen molar-refractivity contribution in [2.45, 2.75) is 38.9 Å². The van der Waals surface area contributed by atoms with E-state index in [-0.39, 0.29) is 11.9 Å². The molecule has 1 aliphatic heterocycles. The third kappa shape index (κ3) is 4.66. The summed E-state index contributed by atoms with van der Waals surface area (Å²) in [6.45, 7) is 5.48. The lowest BCUT2D eigenvalue weighted by molar-refractivity contribution is -0.136. The highest BCUT2D eigenvalue weighted by Gasteiger charge is 2.29. The van der Waals surface area contributed by atoms with E-state index in [9.17, 15) is 4.79 Å². The fourth-order valence-electron chi connectivity index (χ4n) is 3.60. The van der Waals surface area contributed by atoms with Gasteiger partial charge >= 0.3 is 0 Å². The van der Waals surface area contributed by atoms with Gasteiger partial charge in [-0.05, 0) is 37.8 Å². The number of hydrogen-bond donors (Lipinski definition) is 0. The molecule has 1 aliphatic rings. The van der Waals surface area contributed by atoms with Crippen molar-refractivity contribution < 1.29 is 4.79 Å². The number of likely N-dealkylation sites (N-methyl/N-ethyl adjacent to an activating group) is 1. The quantitative estimate of drug-likeness (QED) is 0.807. The van der Waals surface area contributed by atoms with Crippen molar-refractivity contribution in [1.82, 2.24) is 24.6 Å². The number of hydrogen-bond acceptors (Lipinski definition) is 4. The maximum absolute atomic E-state index is 12.8. The molecule has 2 aromatic rings. The van der Waals surface area contributed by atoms with Crippen LogP contribution in [0.25, 0.3) is 0 Å². The fraction of sp³-hybridized carbons (Fsp3) is 0.526. The summed E-state index contributed by atoms with van der Waals surface area (Å²) in [5.74, 6) is 0.704. The number of nitrogens with zero attached hydrogens (tertiary/aromatic N) is 5. The van der Waals surface area contributed by atoms with Crippen LogP contribution in [0.3, 0.4) is 0 Å². The lowest BCUT2D eigenvalue weighted by Crippen LogP contribution is -2.49. The zero-order chi connectivity index (χ0) is 17.6. The van der Waals surface area contributed by atoms with Gasteiger partial charge in [0.05, 0.1) is 6.04 Å². The number of likely N-dealkylation sites (tertiary alicyclic amines) is 1. The summed E-state index contributed by atoms with van der Waals surface area (Å²) in [7, 11) is 1.89. The zero-order valence-electron chi connectivity index (χ0n) is 15.1. The van der Waals surface area contributed by atoms with Gasteiger partial charge in [-0.3, -0.25) is 14.4 Å². The maximum atomic E-state index is 12.8. The SMILES string of the molecule is C[C@H](C(=O)N(C)Cc1ccccc1)N1CCC[C@@H](Cn2cncn2)C1. The van der Waals surface area contributed by atoms with Crippen molar-refractivity contribution >= 4 is 5.91 Å². The summed E-state index contributed by atoms with van der Waals surface area (Å²) in [5.41, 5.74) is 1.16. The third-order valence-electron chi connectivity index (χ3n) is 5.01. The number of piperidine rings is 1. The molecular formula is C19H27N5O. The van der Waals surface area contributed by atoms with Gasteiger partial charge in [0.1, 0.15) is 12.7 Å². The van der Waals surface area contributed by atoms with Crippen LogP contribution < -0.4 is 0 Å². The molecular weight excluding hydrogens is 314 g/mol. The Hall–Kier alpha value is -2.21. The van der Waals surface area contributed by atoms with Crippen molar-refractivity contribution in [3.8, 4) is 0 Å². The van der Waals surface area contributed by atoms with Crippen molar-refractivity contribution in [2.75, 3.05) is 20.1 Å². The smallest absolute Gasteiger partial charge is 0.239 e. The fourth-order valence-corrected chi connectivity index (χ4v) is 3.60. The van der Waals surface area contributed by atoms with Gasteiger partial charge in [-0.25, -0.2) is 4.98 Å². The Balaban J connectivity index is 1.55. The summed E-state index contributed by atoms with van der Waals surface area (Å²) in [4.78, 5) is 21.0. The molecule has 1 saturated heterocycles. The number of amides is 1. The monoisotopic (exact) mass is 341 g/mol. The first-order valence-corrected chi connectivity index (χ1v) is 8.99. The highest BCUT2D eigenvalue weighted by Crippen LogP contribution is 2.21. The Morgan fingerprint density at radius 3 is 2.88 bits per heavy atom. The maximum Gasteiger partial charge on any atom is 0.239 e. The number of benzene rings is 1. The predicted molar refractivity (Wildman–Crippen MR) is 96.7 cm³/mol. The van der Waals surface area contributed by atoms with Crippen molar-refractivity contribution in [3.05, 3.63) is 48.5 Å². The van der Waals surface area contributed by atoms with Crippen molar-refractivity contribution in [2.24, 2.45) is 5.92 Å². The Labute approximate surface area is 149 Å². The first-order valence-electron chi connectivity index (χ1n) is 8.99. The second-order valence-corrected chi connectivity index (χ2v) is 6.98. The van der Waals surface area contributed by atoms with Gasteiger partial charge in [-0.15, -0.1) is 0 Å². The Morgan fingerprint density at radius 2 is 2.16 bits per heavy atom. The second kappa shape index (κ2) is 8.25. The van der Waals surface area contributed by atoms with Crippen LogP contribution in [0.5, 0.6) is 0 Å². The lowest BCUT2D eigenvalue weighted by Gasteiger charge is -2.37. The highest BCUT2D eigenvalue weighted by molar-refractivity contribution is 5.81. The summed E-state index contributed by atoms with van der Waals surface area (Å²) in [6.07, 6.45) is 5.64. The van der Waals surface area contributed by atoms with E-state index in [1.54, 1.807) is 12.7 Å². The topological polar surface area (TPSA) is 54.3 Å². The van der Waals surface area contributed by atoms with E-state index in [4.69, 9.17) is 0 Å². The number of carbonyl (C=O) groups is 1. The van der Waals surface area contributed by atoms with Crippen LogP contribution in [0.4, 0.5) is 0 Å². The van der Waals surface area contributed by atoms with Crippen LogP contribution in [-0.2, 0) is 17.9 Å². The minimum absolute atomic E-state index is 0.0905. The molecule has 2 atom stereocenters. The molecule has 134 valence electrons. The van der Waals surface area contributed by atoms with Gasteiger partial charge in [-0.2, -0.15) is 5.10 Å². The molecule has 0 radical (unpaired) electrons. The minimum Gasteiger partial charge on any atom is -0.340 e. The first kappa shape index (κ1) is 17.6. The molecule has 3 rings (SSSR count). The van der Waals surface area contributed by atoms with Gasteiger partial charge in [0.25, 0.3) is 0 Å². The second-order valence-electron chi connectivity index (χ2n) is 6.98. The van der Waals surface area contributed by atoms with Crippen molar-refractivity contribution in [3.63, 3.8) is 0 Å². The summed E-state index contributed by atoms with van der Waals surface area (Å²) >= 11 is 0. The Kier molecular flexibility index (Phi) is 5.81. The van der Waals surface area contributed by atoms with E-state index in [1.165, 1.54) is 6.42 Å². The largest absolute Gasteiger partial charge is 0.340 e. The molecule has 0 bridgehead atoms. The molecule has 0 N–H and O–H groups in total. The minimum atomic E-state index is -0.0905. The molecule has 1 amide bonds. The first-order chi connectivity index (χ1) is 12.1. The van der Waals surface area contributed by atoms with Gasteiger partial charge in [0.2, 0.25) is 5.91 Å². The van der Waals surface area contributed by atoms with Crippen LogP contribution in [0.2, 0.25) is 0 Å². The van der Waals surface area contributed by atoms with Gasteiger partial charge < -0.3 is 4.90 Å². The molecule has 0 aliphatic carbocycles. The average Bonchev–Trinajstić information content (AvgIpc) is 3.14. The van der Waals surface area contributed by atoms with Crippen LogP contribution in [0.1, 0.15) is 25.3 Å². The number of rotatable bonds is 6. The predicted octanol–water partition coefficient (Wildman–Crippen LogP) is 2.04. The van der Waals surface area contributed by atoms with E-state index in [0.29, 0.717) is 12.5 Å². The zero-order valence-corrected chi connectivity index (χ0v) is 15.1. The standard InChI is InChI=1S/C19H27N5O/c1-16(19(25)22(2)11-17-7-4-3-5-8-17)23-10-6-9-18(12-23)13-24-15-20-14-21-24/h3-5,7-8,14-16,18H,6,9-13H2,1-2H3/t16-,18-/m1/s1. The summed E-state index contributed by atoms with van der Waals surface area (Å²) in [6, 6.07) is 10.0. The van der Waals surface area contributed by atoms with Gasteiger partial charge in [0, 0.05) is 26.7 Å². The van der Waals surface area contributed by atoms with Crippen LogP contribution in [0.15, 0.2) is 43.0 Å². The van der Waals surface area contributed by atoms with E-state index >= 15 is 0 Å². The molecule has 1 fully saturated rings. The Bertz CT molecular complexity index is 658. The molecule has 2 heterocycles. The normalized spacial score (nSPS) is 19.5. The van der Waals surface area contributed by atoms with Gasteiger partial charge in [0.15, 0.2) is 0 Å². The van der Waals surface area contributed by atoms with Gasteiger partial charge in [-0.1, -0.05) is 30.3 Å². The highest BCUT2D eigenvalue weighted by atomic mass is 16.2. The van der Waals surface area contributed by atoms with Crippen molar-refractivity contribution in [1.29, 1.82) is 0 Å². The molecule has 6 heteroatoms. The van der Waals surface area contributed by atoms with E-state index in [2.05, 4.69) is 27.1 Å². The molecule has 25 heavy (non-hydrogen) atoms. The van der Waals surface area contributed by atoms with E-state index in [1.807, 2.05) is 41.8 Å². The summed E-state index contributed by atoms with van der Waals surface area (Å²) in [5, 5.41) is 4.20. The van der Waals surface area contributed by atoms with Crippen LogP contribution in [-0.4, -0.2) is 56.7 Å². The molecule has 0 unspecified atom stereocenters. The van der Waals surface area contributed by atoms with E-state index in [0.717, 1.165) is 31.6 Å². The molecule has 1 aromatic heterocycles. The number of aromatic nitrogens is 3. The number of carbonyl (C=O) groups excluding carboxylic acids is 1.